The summed E-state index contributed by atoms with van der Waals surface area (Å²) in [6, 6.07) is 7.39. The van der Waals surface area contributed by atoms with Crippen LogP contribution in [0.25, 0.3) is 11.0 Å². The number of carbonyl (C=O) groups is 1. The van der Waals surface area contributed by atoms with Crippen molar-refractivity contribution < 1.29 is 13.9 Å². The first-order chi connectivity index (χ1) is 8.67. The zero-order valence-electron chi connectivity index (χ0n) is 10.4. The Balaban J connectivity index is 2.40. The van der Waals surface area contributed by atoms with Gasteiger partial charge in [0.2, 0.25) is 0 Å². The number of fused-ring (bicyclic) bond motifs is 1. The van der Waals surface area contributed by atoms with Gasteiger partial charge in [-0.3, -0.25) is 4.79 Å². The molecule has 1 heterocycles. The summed E-state index contributed by atoms with van der Waals surface area (Å²) in [6.07, 6.45) is 0.635. The van der Waals surface area contributed by atoms with Crippen LogP contribution in [-0.4, -0.2) is 12.6 Å². The quantitative estimate of drug-likeness (QED) is 0.781. The van der Waals surface area contributed by atoms with Gasteiger partial charge in [-0.1, -0.05) is 30.7 Å². The minimum atomic E-state index is -0.367. The zero-order valence-corrected chi connectivity index (χ0v) is 11.2. The average molecular weight is 267 g/mol. The lowest BCUT2D eigenvalue weighted by Gasteiger charge is -2.10. The lowest BCUT2D eigenvalue weighted by molar-refractivity contribution is -0.145. The number of hydrogen-bond acceptors (Lipinski definition) is 3. The van der Waals surface area contributed by atoms with Crippen LogP contribution in [0, 0.1) is 0 Å². The van der Waals surface area contributed by atoms with E-state index in [1.807, 2.05) is 25.1 Å². The van der Waals surface area contributed by atoms with E-state index in [0.717, 1.165) is 5.39 Å². The molecule has 1 unspecified atom stereocenters. The van der Waals surface area contributed by atoms with Gasteiger partial charge in [0.25, 0.3) is 0 Å². The molecule has 1 aromatic carbocycles. The summed E-state index contributed by atoms with van der Waals surface area (Å²) < 4.78 is 10.7. The van der Waals surface area contributed by atoms with Crippen molar-refractivity contribution in [2.24, 2.45) is 0 Å². The molecular weight excluding hydrogens is 252 g/mol. The van der Waals surface area contributed by atoms with Crippen molar-refractivity contribution in [1.29, 1.82) is 0 Å². The van der Waals surface area contributed by atoms with Crippen LogP contribution in [0.1, 0.15) is 31.9 Å². The summed E-state index contributed by atoms with van der Waals surface area (Å²) in [4.78, 5) is 11.8. The summed E-state index contributed by atoms with van der Waals surface area (Å²) in [5.41, 5.74) is 0.622. The van der Waals surface area contributed by atoms with Crippen LogP contribution in [0.4, 0.5) is 0 Å². The fraction of sp³-hybridized carbons (Fsp3) is 0.357. The van der Waals surface area contributed by atoms with Crippen LogP contribution in [0.5, 0.6) is 0 Å². The van der Waals surface area contributed by atoms with E-state index in [9.17, 15) is 4.79 Å². The fourth-order valence-electron chi connectivity index (χ4n) is 1.95. The predicted octanol–water partition coefficient (Wildman–Crippen LogP) is 4.14. The SMILES string of the molecule is CCOC(=O)C(CC)c1cc2cccc(Cl)c2o1. The first kappa shape index (κ1) is 13.0. The highest BCUT2D eigenvalue weighted by molar-refractivity contribution is 6.34. The molecule has 0 saturated carbocycles. The maximum atomic E-state index is 11.8. The van der Waals surface area contributed by atoms with Crippen LogP contribution in [-0.2, 0) is 9.53 Å². The molecule has 18 heavy (non-hydrogen) atoms. The number of furan rings is 1. The Kier molecular flexibility index (Phi) is 3.92. The van der Waals surface area contributed by atoms with Crippen molar-refractivity contribution in [2.45, 2.75) is 26.2 Å². The normalized spacial score (nSPS) is 12.6. The maximum absolute atomic E-state index is 11.8. The van der Waals surface area contributed by atoms with Gasteiger partial charge in [-0.2, -0.15) is 0 Å². The van der Waals surface area contributed by atoms with Crippen LogP contribution in [0.3, 0.4) is 0 Å². The lowest BCUT2D eigenvalue weighted by Crippen LogP contribution is -2.14. The first-order valence-corrected chi connectivity index (χ1v) is 6.39. The number of hydrogen-bond donors (Lipinski definition) is 0. The highest BCUT2D eigenvalue weighted by atomic mass is 35.5. The minimum absolute atomic E-state index is 0.254. The largest absolute Gasteiger partial charge is 0.465 e. The van der Waals surface area contributed by atoms with Crippen molar-refractivity contribution in [2.75, 3.05) is 6.61 Å². The van der Waals surface area contributed by atoms with E-state index in [4.69, 9.17) is 20.8 Å². The molecule has 0 aliphatic rings. The second-order valence-corrected chi connectivity index (χ2v) is 4.43. The monoisotopic (exact) mass is 266 g/mol. The average Bonchev–Trinajstić information content (AvgIpc) is 2.75. The summed E-state index contributed by atoms with van der Waals surface area (Å²) >= 11 is 6.05. The third-order valence-corrected chi connectivity index (χ3v) is 3.14. The van der Waals surface area contributed by atoms with Gasteiger partial charge in [0, 0.05) is 5.39 Å². The third-order valence-electron chi connectivity index (χ3n) is 2.84. The highest BCUT2D eigenvalue weighted by Crippen LogP contribution is 2.31. The van der Waals surface area contributed by atoms with Crippen molar-refractivity contribution in [1.82, 2.24) is 0 Å². The topological polar surface area (TPSA) is 39.4 Å². The second kappa shape index (κ2) is 5.44. The Bertz CT molecular complexity index is 559. The van der Waals surface area contributed by atoms with Gasteiger partial charge in [0.1, 0.15) is 11.7 Å². The van der Waals surface area contributed by atoms with Crippen LogP contribution >= 0.6 is 11.6 Å². The van der Waals surface area contributed by atoms with Gasteiger partial charge in [0.05, 0.1) is 11.6 Å². The fourth-order valence-corrected chi connectivity index (χ4v) is 2.17. The standard InChI is InChI=1S/C14H15ClO3/c1-3-10(14(16)17-4-2)12-8-9-6-5-7-11(15)13(9)18-12/h5-8,10H,3-4H2,1-2H3. The molecule has 0 saturated heterocycles. The minimum Gasteiger partial charge on any atom is -0.465 e. The van der Waals surface area contributed by atoms with Gasteiger partial charge in [-0.25, -0.2) is 0 Å². The van der Waals surface area contributed by atoms with Gasteiger partial charge in [-0.15, -0.1) is 0 Å². The number of carbonyl (C=O) groups excluding carboxylic acids is 1. The van der Waals surface area contributed by atoms with E-state index < -0.39 is 0 Å². The number of benzene rings is 1. The molecule has 4 heteroatoms. The van der Waals surface area contributed by atoms with E-state index in [1.165, 1.54) is 0 Å². The number of halogens is 1. The highest BCUT2D eigenvalue weighted by Gasteiger charge is 2.24. The van der Waals surface area contributed by atoms with Crippen LogP contribution in [0.15, 0.2) is 28.7 Å². The lowest BCUT2D eigenvalue weighted by atomic mass is 10.0. The predicted molar refractivity (Wildman–Crippen MR) is 70.9 cm³/mol. The van der Waals surface area contributed by atoms with E-state index in [0.29, 0.717) is 29.4 Å². The number of rotatable bonds is 4. The van der Waals surface area contributed by atoms with E-state index in [1.54, 1.807) is 13.0 Å². The summed E-state index contributed by atoms with van der Waals surface area (Å²) in [5.74, 6) is -0.0114. The molecule has 0 aliphatic carbocycles. The van der Waals surface area contributed by atoms with Crippen molar-refractivity contribution in [3.05, 3.63) is 35.0 Å². The molecule has 2 rings (SSSR count). The van der Waals surface area contributed by atoms with Crippen molar-refractivity contribution in [3.63, 3.8) is 0 Å². The van der Waals surface area contributed by atoms with E-state index in [-0.39, 0.29) is 11.9 Å². The smallest absolute Gasteiger partial charge is 0.316 e. The zero-order chi connectivity index (χ0) is 13.1. The van der Waals surface area contributed by atoms with Gasteiger partial charge in [0.15, 0.2) is 5.58 Å². The molecular formula is C14H15ClO3. The third kappa shape index (κ3) is 2.36. The molecule has 96 valence electrons. The molecule has 0 radical (unpaired) electrons. The van der Waals surface area contributed by atoms with E-state index >= 15 is 0 Å². The maximum Gasteiger partial charge on any atom is 0.316 e. The molecule has 0 spiro atoms. The first-order valence-electron chi connectivity index (χ1n) is 6.02. The second-order valence-electron chi connectivity index (χ2n) is 4.02. The number of ether oxygens (including phenoxy) is 1. The molecule has 0 N–H and O–H groups in total. The Morgan fingerprint density at radius 1 is 1.44 bits per heavy atom. The Morgan fingerprint density at radius 3 is 2.83 bits per heavy atom. The molecule has 1 atom stereocenters. The van der Waals surface area contributed by atoms with Crippen molar-refractivity contribution >= 4 is 28.5 Å². The number of para-hydroxylation sites is 1. The summed E-state index contributed by atoms with van der Waals surface area (Å²) in [6.45, 7) is 4.09. The van der Waals surface area contributed by atoms with Crippen molar-refractivity contribution in [3.8, 4) is 0 Å². The molecule has 1 aromatic heterocycles. The van der Waals surface area contributed by atoms with Gasteiger partial charge < -0.3 is 9.15 Å². The summed E-state index contributed by atoms with van der Waals surface area (Å²) in [5, 5.41) is 1.46. The van der Waals surface area contributed by atoms with Gasteiger partial charge >= 0.3 is 5.97 Å². The van der Waals surface area contributed by atoms with Crippen LogP contribution < -0.4 is 0 Å². The molecule has 0 aliphatic heterocycles. The molecule has 0 fully saturated rings. The Morgan fingerprint density at radius 2 is 2.22 bits per heavy atom. The van der Waals surface area contributed by atoms with E-state index in [2.05, 4.69) is 0 Å². The Hall–Kier alpha value is -1.48. The molecule has 0 bridgehead atoms. The van der Waals surface area contributed by atoms with Crippen LogP contribution in [0.2, 0.25) is 5.02 Å². The van der Waals surface area contributed by atoms with Gasteiger partial charge in [-0.05, 0) is 25.5 Å². The summed E-state index contributed by atoms with van der Waals surface area (Å²) in [7, 11) is 0. The molecule has 2 aromatic rings. The molecule has 0 amide bonds. The Labute approximate surface area is 111 Å². The number of esters is 1. The molecule has 3 nitrogen and oxygen atoms in total.